The van der Waals surface area contributed by atoms with E-state index in [1.54, 1.807) is 24.3 Å². The van der Waals surface area contributed by atoms with Crippen LogP contribution in [-0.4, -0.2) is 24.0 Å². The molecule has 1 heterocycles. The van der Waals surface area contributed by atoms with Crippen LogP contribution < -0.4 is 5.32 Å². The molecule has 110 valence electrons. The highest BCUT2D eigenvalue weighted by Gasteiger charge is 2.11. The van der Waals surface area contributed by atoms with E-state index in [4.69, 9.17) is 0 Å². The molecule has 5 nitrogen and oxygen atoms in total. The summed E-state index contributed by atoms with van der Waals surface area (Å²) >= 11 is 1.53. The Morgan fingerprint density at radius 1 is 1.24 bits per heavy atom. The minimum absolute atomic E-state index is 0.104. The van der Waals surface area contributed by atoms with Crippen LogP contribution in [0.25, 0.3) is 0 Å². The molecule has 0 radical (unpaired) electrons. The first kappa shape index (κ1) is 15.2. The summed E-state index contributed by atoms with van der Waals surface area (Å²) in [5.74, 6) is -0.504. The van der Waals surface area contributed by atoms with Crippen LogP contribution in [0.5, 0.6) is 0 Å². The number of rotatable bonds is 4. The number of hydrogen-bond acceptors (Lipinski definition) is 5. The maximum atomic E-state index is 12.0. The third-order valence-corrected chi connectivity index (χ3v) is 3.98. The van der Waals surface area contributed by atoms with Crippen molar-refractivity contribution in [1.82, 2.24) is 4.98 Å². The molecule has 0 spiro atoms. The van der Waals surface area contributed by atoms with Crippen molar-refractivity contribution in [2.24, 2.45) is 0 Å². The molecule has 0 bridgehead atoms. The topological polar surface area (TPSA) is 68.3 Å². The summed E-state index contributed by atoms with van der Waals surface area (Å²) in [4.78, 5) is 28.6. The molecule has 0 aliphatic rings. The summed E-state index contributed by atoms with van der Waals surface area (Å²) < 4.78 is 4.62. The number of carbonyl (C=O) groups is 2. The predicted molar refractivity (Wildman–Crippen MR) is 81.7 cm³/mol. The summed E-state index contributed by atoms with van der Waals surface area (Å²) in [6.07, 6.45) is 0.302. The monoisotopic (exact) mass is 304 g/mol. The molecule has 21 heavy (non-hydrogen) atoms. The highest BCUT2D eigenvalue weighted by molar-refractivity contribution is 7.11. The largest absolute Gasteiger partial charge is 0.465 e. The van der Waals surface area contributed by atoms with E-state index in [0.717, 1.165) is 15.6 Å². The van der Waals surface area contributed by atoms with Crippen LogP contribution in [0.3, 0.4) is 0 Å². The molecule has 0 saturated carbocycles. The number of methoxy groups -OCH3 is 1. The smallest absolute Gasteiger partial charge is 0.337 e. The minimum Gasteiger partial charge on any atom is -0.465 e. The first-order chi connectivity index (χ1) is 9.99. The van der Waals surface area contributed by atoms with Gasteiger partial charge in [-0.25, -0.2) is 9.78 Å². The number of anilines is 1. The molecule has 2 rings (SSSR count). The van der Waals surface area contributed by atoms with Gasteiger partial charge in [0, 0.05) is 10.6 Å². The number of ether oxygens (including phenoxy) is 1. The number of thiazole rings is 1. The molecule has 1 amide bonds. The van der Waals surface area contributed by atoms with Crippen molar-refractivity contribution < 1.29 is 14.3 Å². The highest BCUT2D eigenvalue weighted by Crippen LogP contribution is 2.18. The number of amides is 1. The Bertz CT molecular complexity index is 662. The maximum Gasteiger partial charge on any atom is 0.337 e. The first-order valence-corrected chi connectivity index (χ1v) is 7.22. The molecule has 0 aliphatic heterocycles. The standard InChI is InChI=1S/C15H16N2O3S/c1-9-13(21-10(2)16-9)8-14(18)17-12-6-4-11(5-7-12)15(19)20-3/h4-7H,8H2,1-3H3,(H,17,18). The van der Waals surface area contributed by atoms with Gasteiger partial charge in [0.2, 0.25) is 5.91 Å². The lowest BCUT2D eigenvalue weighted by molar-refractivity contribution is -0.115. The molecule has 1 aromatic carbocycles. The van der Waals surface area contributed by atoms with E-state index in [1.807, 2.05) is 13.8 Å². The Morgan fingerprint density at radius 3 is 2.43 bits per heavy atom. The summed E-state index contributed by atoms with van der Waals surface area (Å²) in [5.41, 5.74) is 1.99. The third kappa shape index (κ3) is 3.88. The highest BCUT2D eigenvalue weighted by atomic mass is 32.1. The molecule has 0 unspecified atom stereocenters. The van der Waals surface area contributed by atoms with E-state index >= 15 is 0 Å². The number of carbonyl (C=O) groups excluding carboxylic acids is 2. The van der Waals surface area contributed by atoms with Crippen molar-refractivity contribution >= 4 is 28.9 Å². The van der Waals surface area contributed by atoms with Gasteiger partial charge in [-0.1, -0.05) is 0 Å². The van der Waals surface area contributed by atoms with E-state index in [-0.39, 0.29) is 5.91 Å². The number of benzene rings is 1. The van der Waals surface area contributed by atoms with Gasteiger partial charge in [-0.15, -0.1) is 11.3 Å². The number of aromatic nitrogens is 1. The molecular weight excluding hydrogens is 288 g/mol. The number of nitrogens with one attached hydrogen (secondary N) is 1. The van der Waals surface area contributed by atoms with Gasteiger partial charge in [-0.3, -0.25) is 4.79 Å². The molecule has 0 fully saturated rings. The van der Waals surface area contributed by atoms with Gasteiger partial charge in [0.05, 0.1) is 29.8 Å². The van der Waals surface area contributed by atoms with Crippen molar-refractivity contribution in [2.45, 2.75) is 20.3 Å². The molecule has 2 aromatic rings. The van der Waals surface area contributed by atoms with Gasteiger partial charge in [-0.05, 0) is 38.1 Å². The summed E-state index contributed by atoms with van der Waals surface area (Å²) in [5, 5.41) is 3.76. The Kier molecular flexibility index (Phi) is 4.70. The minimum atomic E-state index is -0.399. The van der Waals surface area contributed by atoms with Gasteiger partial charge in [0.15, 0.2) is 0 Å². The molecule has 1 N–H and O–H groups in total. The molecule has 0 atom stereocenters. The second kappa shape index (κ2) is 6.49. The lowest BCUT2D eigenvalue weighted by atomic mass is 10.2. The van der Waals surface area contributed by atoms with E-state index in [1.165, 1.54) is 18.4 Å². The van der Waals surface area contributed by atoms with Crippen LogP contribution in [0.15, 0.2) is 24.3 Å². The lowest BCUT2D eigenvalue weighted by Crippen LogP contribution is -2.14. The second-order valence-corrected chi connectivity index (χ2v) is 5.82. The Balaban J connectivity index is 1.99. The molecule has 0 saturated heterocycles. The molecule has 1 aromatic heterocycles. The van der Waals surface area contributed by atoms with Crippen LogP contribution in [0.1, 0.15) is 25.9 Å². The van der Waals surface area contributed by atoms with Gasteiger partial charge >= 0.3 is 5.97 Å². The van der Waals surface area contributed by atoms with Gasteiger partial charge < -0.3 is 10.1 Å². The molecule has 0 aliphatic carbocycles. The zero-order valence-corrected chi connectivity index (χ0v) is 12.9. The van der Waals surface area contributed by atoms with E-state index < -0.39 is 5.97 Å². The second-order valence-electron chi connectivity index (χ2n) is 4.54. The van der Waals surface area contributed by atoms with Crippen LogP contribution in [0.2, 0.25) is 0 Å². The average molecular weight is 304 g/mol. The Labute approximate surface area is 127 Å². The fourth-order valence-electron chi connectivity index (χ4n) is 1.90. The van der Waals surface area contributed by atoms with Gasteiger partial charge in [-0.2, -0.15) is 0 Å². The van der Waals surface area contributed by atoms with Crippen LogP contribution >= 0.6 is 11.3 Å². The van der Waals surface area contributed by atoms with Crippen LogP contribution in [0.4, 0.5) is 5.69 Å². The SMILES string of the molecule is COC(=O)c1ccc(NC(=O)Cc2sc(C)nc2C)cc1. The number of esters is 1. The number of hydrogen-bond donors (Lipinski definition) is 1. The fraction of sp³-hybridized carbons (Fsp3) is 0.267. The van der Waals surface area contributed by atoms with E-state index in [0.29, 0.717) is 17.7 Å². The molecular formula is C15H16N2O3S. The van der Waals surface area contributed by atoms with Crippen LogP contribution in [-0.2, 0) is 16.0 Å². The zero-order chi connectivity index (χ0) is 15.4. The normalized spacial score (nSPS) is 10.2. The van der Waals surface area contributed by atoms with Gasteiger partial charge in [0.25, 0.3) is 0 Å². The lowest BCUT2D eigenvalue weighted by Gasteiger charge is -2.05. The van der Waals surface area contributed by atoms with Crippen molar-refractivity contribution in [2.75, 3.05) is 12.4 Å². The van der Waals surface area contributed by atoms with Crippen molar-refractivity contribution in [3.63, 3.8) is 0 Å². The Morgan fingerprint density at radius 2 is 1.90 bits per heavy atom. The summed E-state index contributed by atoms with van der Waals surface area (Å²) in [6.45, 7) is 3.82. The van der Waals surface area contributed by atoms with Crippen molar-refractivity contribution in [3.8, 4) is 0 Å². The quantitative estimate of drug-likeness (QED) is 0.882. The van der Waals surface area contributed by atoms with E-state index in [2.05, 4.69) is 15.0 Å². The van der Waals surface area contributed by atoms with Crippen molar-refractivity contribution in [3.05, 3.63) is 45.4 Å². The zero-order valence-electron chi connectivity index (χ0n) is 12.1. The number of nitrogens with zero attached hydrogens (tertiary/aromatic N) is 1. The predicted octanol–water partition coefficient (Wildman–Crippen LogP) is 2.73. The number of aryl methyl sites for hydroxylation is 2. The average Bonchev–Trinajstić information content (AvgIpc) is 2.76. The first-order valence-electron chi connectivity index (χ1n) is 6.40. The third-order valence-electron chi connectivity index (χ3n) is 2.91. The fourth-order valence-corrected chi connectivity index (χ4v) is 2.83. The Hall–Kier alpha value is -2.21. The summed E-state index contributed by atoms with van der Waals surface area (Å²) in [7, 11) is 1.33. The van der Waals surface area contributed by atoms with E-state index in [9.17, 15) is 9.59 Å². The van der Waals surface area contributed by atoms with Crippen LogP contribution in [0, 0.1) is 13.8 Å². The van der Waals surface area contributed by atoms with Crippen molar-refractivity contribution in [1.29, 1.82) is 0 Å². The maximum absolute atomic E-state index is 12.0. The molecule has 6 heteroatoms. The summed E-state index contributed by atoms with van der Waals surface area (Å²) in [6, 6.07) is 6.58. The van der Waals surface area contributed by atoms with Gasteiger partial charge in [0.1, 0.15) is 0 Å².